The van der Waals surface area contributed by atoms with Gasteiger partial charge in [-0.05, 0) is 0 Å². The Labute approximate surface area is 113 Å². The van der Waals surface area contributed by atoms with E-state index in [-0.39, 0.29) is 59.1 Å². The molecule has 2 unspecified atom stereocenters. The van der Waals surface area contributed by atoms with E-state index in [1.807, 2.05) is 0 Å². The van der Waals surface area contributed by atoms with Crippen LogP contribution in [-0.4, -0.2) is 93.3 Å². The number of hydrogen-bond acceptors (Lipinski definition) is 4. The Morgan fingerprint density at radius 2 is 1.08 bits per heavy atom. The van der Waals surface area contributed by atoms with Gasteiger partial charge < -0.3 is 21.7 Å². The molecule has 6 N–H and O–H groups in total. The van der Waals surface area contributed by atoms with E-state index in [1.54, 1.807) is 0 Å². The molecule has 8 heteroatoms. The summed E-state index contributed by atoms with van der Waals surface area (Å²) in [5.41, 5.74) is 9.71. The maximum atomic E-state index is 9.98. The van der Waals surface area contributed by atoms with E-state index in [2.05, 4.69) is 0 Å². The summed E-state index contributed by atoms with van der Waals surface area (Å²) in [7, 11) is 0. The normalized spacial score (nSPS) is 13.2. The first-order valence-corrected chi connectivity index (χ1v) is 2.43. The number of aliphatic carboxylic acids is 2. The van der Waals surface area contributed by atoms with Crippen molar-refractivity contribution in [3.05, 3.63) is 0 Å². The molecule has 0 aliphatic rings. The fraction of sp³-hybridized carbons (Fsp3) is 0.500. The minimum absolute atomic E-state index is 0. The maximum absolute atomic E-state index is 9.98. The Bertz CT molecular complexity index is 147. The van der Waals surface area contributed by atoms with Crippen molar-refractivity contribution in [1.82, 2.24) is 0 Å². The van der Waals surface area contributed by atoms with Crippen molar-refractivity contribution in [2.75, 3.05) is 0 Å². The van der Waals surface area contributed by atoms with Gasteiger partial charge in [-0.15, -0.1) is 0 Å². The third-order valence-corrected chi connectivity index (χ3v) is 0.957. The molecule has 62 valence electrons. The van der Waals surface area contributed by atoms with E-state index in [0.29, 0.717) is 0 Å². The predicted molar refractivity (Wildman–Crippen MR) is 45.5 cm³/mol. The second-order valence-electron chi connectivity index (χ2n) is 1.73. The number of hydrogen-bond donors (Lipinski definition) is 4. The molecule has 0 saturated heterocycles. The molecule has 0 aromatic heterocycles. The summed E-state index contributed by atoms with van der Waals surface area (Å²) in [6.45, 7) is 0. The van der Waals surface area contributed by atoms with Gasteiger partial charge in [-0.1, -0.05) is 0 Å². The summed E-state index contributed by atoms with van der Waals surface area (Å²) in [6.07, 6.45) is 0. The van der Waals surface area contributed by atoms with Crippen molar-refractivity contribution >= 4 is 71.1 Å². The van der Waals surface area contributed by atoms with E-state index < -0.39 is 24.0 Å². The van der Waals surface area contributed by atoms with Gasteiger partial charge in [-0.2, -0.15) is 0 Å². The van der Waals surface area contributed by atoms with Crippen LogP contribution in [0.2, 0.25) is 0 Å². The predicted octanol–water partition coefficient (Wildman–Crippen LogP) is -3.49. The van der Waals surface area contributed by atoms with Gasteiger partial charge >= 0.3 is 71.1 Å². The third kappa shape index (κ3) is 6.38. The number of carboxylic acids is 2. The number of nitrogens with two attached hydrogens (primary N) is 2. The molecule has 0 heterocycles. The molecular weight excluding hydrogens is 186 g/mol. The number of rotatable bonds is 3. The van der Waals surface area contributed by atoms with Gasteiger partial charge in [0.2, 0.25) is 0 Å². The van der Waals surface area contributed by atoms with E-state index in [9.17, 15) is 9.59 Å². The Kier molecular flexibility index (Phi) is 13.1. The van der Waals surface area contributed by atoms with Crippen LogP contribution in [0.25, 0.3) is 0 Å². The first kappa shape index (κ1) is 18.6. The van der Waals surface area contributed by atoms with Gasteiger partial charge in [0.15, 0.2) is 0 Å². The number of carboxylic acid groups (broad SMARTS) is 2. The summed E-state index contributed by atoms with van der Waals surface area (Å²) in [5, 5.41) is 16.3. The van der Waals surface area contributed by atoms with E-state index >= 15 is 0 Å². The van der Waals surface area contributed by atoms with E-state index in [1.165, 1.54) is 0 Å². The van der Waals surface area contributed by atoms with Crippen LogP contribution in [0.1, 0.15) is 0 Å². The topological polar surface area (TPSA) is 127 Å². The summed E-state index contributed by atoms with van der Waals surface area (Å²) in [6, 6.07) is -3.09. The van der Waals surface area contributed by atoms with Crippen LogP contribution < -0.4 is 11.5 Å². The second kappa shape index (κ2) is 8.46. The minimum atomic E-state index is -1.54. The second-order valence-corrected chi connectivity index (χ2v) is 1.73. The summed E-state index contributed by atoms with van der Waals surface area (Å²) in [4.78, 5) is 20.0. The Morgan fingerprint density at radius 3 is 1.17 bits per heavy atom. The summed E-state index contributed by atoms with van der Waals surface area (Å²) < 4.78 is 0. The zero-order valence-corrected chi connectivity index (χ0v) is 5.02. The fourth-order valence-corrected chi connectivity index (χ4v) is 0.307. The average Bonchev–Trinajstić information content (AvgIpc) is 1.84. The fourth-order valence-electron chi connectivity index (χ4n) is 0.307. The van der Waals surface area contributed by atoms with Crippen LogP contribution in [0.15, 0.2) is 0 Å². The van der Waals surface area contributed by atoms with Gasteiger partial charge in [0, 0.05) is 0 Å². The van der Waals surface area contributed by atoms with Crippen molar-refractivity contribution < 1.29 is 19.8 Å². The van der Waals surface area contributed by atoms with E-state index in [0.717, 1.165) is 0 Å². The van der Waals surface area contributed by atoms with Gasteiger partial charge in [0.1, 0.15) is 12.1 Å². The van der Waals surface area contributed by atoms with Crippen LogP contribution >= 0.6 is 0 Å². The number of carbonyl (C=O) groups is 2. The van der Waals surface area contributed by atoms with Crippen LogP contribution in [-0.2, 0) is 9.59 Å². The molecule has 0 fully saturated rings. The first-order valence-electron chi connectivity index (χ1n) is 2.43. The summed E-state index contributed by atoms with van der Waals surface area (Å²) >= 11 is 0. The molecule has 0 radical (unpaired) electrons. The van der Waals surface area contributed by atoms with Gasteiger partial charge in [0.05, 0.1) is 0 Å². The quantitative estimate of drug-likeness (QED) is 0.347. The molecular formula is C4H10N2Na2O4. The molecule has 0 amide bonds. The standard InChI is InChI=1S/C4H8N2O4.2Na.2H/c5-1(3(7)8)2(6)4(9)10;;;;/h1-2H,5-6H2,(H,7,8)(H,9,10);;;;. The zero-order valence-electron chi connectivity index (χ0n) is 5.02. The van der Waals surface area contributed by atoms with Crippen molar-refractivity contribution in [2.24, 2.45) is 11.5 Å². The molecule has 0 saturated carbocycles. The molecule has 2 atom stereocenters. The van der Waals surface area contributed by atoms with Crippen molar-refractivity contribution in [2.45, 2.75) is 12.1 Å². The Morgan fingerprint density at radius 1 is 0.917 bits per heavy atom. The van der Waals surface area contributed by atoms with E-state index in [4.69, 9.17) is 21.7 Å². The molecule has 6 nitrogen and oxygen atoms in total. The molecule has 0 spiro atoms. The molecule has 12 heavy (non-hydrogen) atoms. The average molecular weight is 196 g/mol. The molecule has 0 aromatic carbocycles. The molecule has 0 aliphatic heterocycles. The van der Waals surface area contributed by atoms with Crippen LogP contribution in [0, 0.1) is 0 Å². The monoisotopic (exact) mass is 196 g/mol. The molecule has 0 aliphatic carbocycles. The van der Waals surface area contributed by atoms with Crippen LogP contribution in [0.3, 0.4) is 0 Å². The Hall–Kier alpha value is 0.860. The van der Waals surface area contributed by atoms with Crippen LogP contribution in [0.4, 0.5) is 0 Å². The molecule has 0 aromatic rings. The Balaban J connectivity index is -0.000000405. The van der Waals surface area contributed by atoms with Crippen LogP contribution in [0.5, 0.6) is 0 Å². The third-order valence-electron chi connectivity index (χ3n) is 0.957. The van der Waals surface area contributed by atoms with Crippen molar-refractivity contribution in [3.63, 3.8) is 0 Å². The summed E-state index contributed by atoms with van der Waals surface area (Å²) in [5.74, 6) is -2.84. The zero-order chi connectivity index (χ0) is 8.31. The van der Waals surface area contributed by atoms with Crippen molar-refractivity contribution in [3.8, 4) is 0 Å². The van der Waals surface area contributed by atoms with Gasteiger partial charge in [-0.3, -0.25) is 9.59 Å². The van der Waals surface area contributed by atoms with Gasteiger partial charge in [-0.25, -0.2) is 0 Å². The SMILES string of the molecule is NC(C(=O)O)C(N)C(=O)O.[NaH].[NaH]. The molecule has 0 bridgehead atoms. The first-order chi connectivity index (χ1) is 4.46. The van der Waals surface area contributed by atoms with Gasteiger partial charge in [0.25, 0.3) is 0 Å². The van der Waals surface area contributed by atoms with Crippen molar-refractivity contribution in [1.29, 1.82) is 0 Å². The molecule has 0 rings (SSSR count).